The zero-order valence-corrected chi connectivity index (χ0v) is 8.35. The minimum atomic E-state index is 0.723. The molecule has 0 unspecified atom stereocenters. The van der Waals surface area contributed by atoms with Crippen LogP contribution in [0.3, 0.4) is 0 Å². The third-order valence-electron chi connectivity index (χ3n) is 2.18. The monoisotopic (exact) mass is 199 g/mol. The molecule has 0 bridgehead atoms. The van der Waals surface area contributed by atoms with E-state index in [0.29, 0.717) is 0 Å². The van der Waals surface area contributed by atoms with Crippen molar-refractivity contribution < 1.29 is 0 Å². The number of benzene rings is 1. The maximum Gasteiger partial charge on any atom is 0.0762 e. The van der Waals surface area contributed by atoms with E-state index >= 15 is 0 Å². The van der Waals surface area contributed by atoms with Crippen LogP contribution < -0.4 is 11.1 Å². The highest BCUT2D eigenvalue weighted by Crippen LogP contribution is 2.15. The number of rotatable bonds is 3. The average Bonchev–Trinajstić information content (AvgIpc) is 2.29. The van der Waals surface area contributed by atoms with Crippen LogP contribution in [-0.4, -0.2) is 4.98 Å². The SMILES string of the molecule is Nc1ccncc1NCc1ccccc1. The van der Waals surface area contributed by atoms with Gasteiger partial charge in [-0.25, -0.2) is 0 Å². The maximum absolute atomic E-state index is 5.78. The van der Waals surface area contributed by atoms with Gasteiger partial charge in [0, 0.05) is 12.7 Å². The third-order valence-corrected chi connectivity index (χ3v) is 2.18. The summed E-state index contributed by atoms with van der Waals surface area (Å²) in [4.78, 5) is 4.02. The second-order valence-electron chi connectivity index (χ2n) is 3.30. The fourth-order valence-electron chi connectivity index (χ4n) is 1.35. The number of nitrogen functional groups attached to an aromatic ring is 1. The number of aromatic nitrogens is 1. The molecule has 15 heavy (non-hydrogen) atoms. The summed E-state index contributed by atoms with van der Waals surface area (Å²) in [6.45, 7) is 0.761. The molecule has 0 aliphatic rings. The van der Waals surface area contributed by atoms with Crippen molar-refractivity contribution in [1.82, 2.24) is 4.98 Å². The van der Waals surface area contributed by atoms with Crippen molar-refractivity contribution in [2.24, 2.45) is 0 Å². The first-order valence-corrected chi connectivity index (χ1v) is 4.83. The fraction of sp³-hybridized carbons (Fsp3) is 0.0833. The number of pyridine rings is 1. The van der Waals surface area contributed by atoms with Crippen LogP contribution in [0.5, 0.6) is 0 Å². The van der Waals surface area contributed by atoms with Gasteiger partial charge in [-0.1, -0.05) is 30.3 Å². The predicted octanol–water partition coefficient (Wildman–Crippen LogP) is 2.28. The topological polar surface area (TPSA) is 50.9 Å². The second-order valence-corrected chi connectivity index (χ2v) is 3.30. The van der Waals surface area contributed by atoms with E-state index in [1.54, 1.807) is 18.5 Å². The molecule has 0 radical (unpaired) electrons. The van der Waals surface area contributed by atoms with Crippen LogP contribution in [-0.2, 0) is 6.54 Å². The van der Waals surface area contributed by atoms with Gasteiger partial charge in [0.2, 0.25) is 0 Å². The standard InChI is InChI=1S/C12H13N3/c13-11-6-7-14-9-12(11)15-8-10-4-2-1-3-5-10/h1-7,9,15H,8H2,(H2,13,14). The number of hydrogen-bond donors (Lipinski definition) is 2. The fourth-order valence-corrected chi connectivity index (χ4v) is 1.35. The molecule has 0 aliphatic carbocycles. The van der Waals surface area contributed by atoms with E-state index < -0.39 is 0 Å². The van der Waals surface area contributed by atoms with Crippen LogP contribution in [0, 0.1) is 0 Å². The lowest BCUT2D eigenvalue weighted by atomic mass is 10.2. The van der Waals surface area contributed by atoms with Crippen LogP contribution >= 0.6 is 0 Å². The minimum Gasteiger partial charge on any atom is -0.397 e. The van der Waals surface area contributed by atoms with Crippen molar-refractivity contribution in [2.45, 2.75) is 6.54 Å². The number of nitrogens with zero attached hydrogens (tertiary/aromatic N) is 1. The summed E-state index contributed by atoms with van der Waals surface area (Å²) in [5.74, 6) is 0. The minimum absolute atomic E-state index is 0.723. The Morgan fingerprint density at radius 2 is 1.93 bits per heavy atom. The van der Waals surface area contributed by atoms with E-state index in [2.05, 4.69) is 22.4 Å². The summed E-state index contributed by atoms with van der Waals surface area (Å²) < 4.78 is 0. The summed E-state index contributed by atoms with van der Waals surface area (Å²) in [6.07, 6.45) is 3.42. The molecule has 3 N–H and O–H groups in total. The zero-order chi connectivity index (χ0) is 10.5. The molecule has 1 aromatic heterocycles. The Balaban J connectivity index is 2.03. The lowest BCUT2D eigenvalue weighted by Gasteiger charge is -2.07. The van der Waals surface area contributed by atoms with Gasteiger partial charge in [-0.15, -0.1) is 0 Å². The summed E-state index contributed by atoms with van der Waals surface area (Å²) in [5, 5.41) is 3.24. The summed E-state index contributed by atoms with van der Waals surface area (Å²) in [5.41, 5.74) is 8.60. The molecule has 0 atom stereocenters. The second kappa shape index (κ2) is 4.46. The first-order chi connectivity index (χ1) is 7.36. The van der Waals surface area contributed by atoms with Gasteiger partial charge in [-0.3, -0.25) is 4.98 Å². The van der Waals surface area contributed by atoms with Crippen molar-refractivity contribution in [3.63, 3.8) is 0 Å². The highest BCUT2D eigenvalue weighted by Gasteiger charge is 1.97. The largest absolute Gasteiger partial charge is 0.397 e. The molecule has 1 heterocycles. The lowest BCUT2D eigenvalue weighted by Crippen LogP contribution is -2.02. The van der Waals surface area contributed by atoms with E-state index in [0.717, 1.165) is 17.9 Å². The molecule has 0 saturated heterocycles. The van der Waals surface area contributed by atoms with Crippen molar-refractivity contribution in [2.75, 3.05) is 11.1 Å². The highest BCUT2D eigenvalue weighted by molar-refractivity contribution is 5.64. The van der Waals surface area contributed by atoms with Crippen LogP contribution in [0.1, 0.15) is 5.56 Å². The Kier molecular flexibility index (Phi) is 2.83. The number of hydrogen-bond acceptors (Lipinski definition) is 3. The summed E-state index contributed by atoms with van der Waals surface area (Å²) in [6, 6.07) is 12.0. The van der Waals surface area contributed by atoms with Gasteiger partial charge in [0.25, 0.3) is 0 Å². The summed E-state index contributed by atoms with van der Waals surface area (Å²) in [7, 11) is 0. The molecule has 0 spiro atoms. The first-order valence-electron chi connectivity index (χ1n) is 4.83. The Morgan fingerprint density at radius 1 is 1.13 bits per heavy atom. The van der Waals surface area contributed by atoms with Gasteiger partial charge in [-0.2, -0.15) is 0 Å². The van der Waals surface area contributed by atoms with Gasteiger partial charge >= 0.3 is 0 Å². The van der Waals surface area contributed by atoms with Gasteiger partial charge in [0.1, 0.15) is 0 Å². The van der Waals surface area contributed by atoms with E-state index in [9.17, 15) is 0 Å². The first kappa shape index (κ1) is 9.52. The Hall–Kier alpha value is -2.03. The molecule has 0 aliphatic heterocycles. The van der Waals surface area contributed by atoms with Crippen molar-refractivity contribution in [3.8, 4) is 0 Å². The van der Waals surface area contributed by atoms with Gasteiger partial charge in [0.05, 0.1) is 17.6 Å². The Bertz CT molecular complexity index is 426. The molecule has 2 rings (SSSR count). The molecule has 76 valence electrons. The van der Waals surface area contributed by atoms with E-state index in [4.69, 9.17) is 5.73 Å². The molecule has 0 saturated carbocycles. The molecular weight excluding hydrogens is 186 g/mol. The van der Waals surface area contributed by atoms with Crippen LogP contribution in [0.25, 0.3) is 0 Å². The molecule has 3 nitrogen and oxygen atoms in total. The summed E-state index contributed by atoms with van der Waals surface area (Å²) >= 11 is 0. The Labute approximate surface area is 89.0 Å². The molecular formula is C12H13N3. The van der Waals surface area contributed by atoms with E-state index in [-0.39, 0.29) is 0 Å². The highest BCUT2D eigenvalue weighted by atomic mass is 14.9. The van der Waals surface area contributed by atoms with Crippen LogP contribution in [0.2, 0.25) is 0 Å². The molecule has 1 aromatic carbocycles. The zero-order valence-electron chi connectivity index (χ0n) is 8.35. The quantitative estimate of drug-likeness (QED) is 0.797. The van der Waals surface area contributed by atoms with Crippen molar-refractivity contribution >= 4 is 11.4 Å². The van der Waals surface area contributed by atoms with Crippen molar-refractivity contribution in [3.05, 3.63) is 54.4 Å². The Morgan fingerprint density at radius 3 is 2.67 bits per heavy atom. The van der Waals surface area contributed by atoms with Crippen molar-refractivity contribution in [1.29, 1.82) is 0 Å². The average molecular weight is 199 g/mol. The molecule has 3 heteroatoms. The van der Waals surface area contributed by atoms with E-state index in [1.807, 2.05) is 18.2 Å². The van der Waals surface area contributed by atoms with E-state index in [1.165, 1.54) is 5.56 Å². The smallest absolute Gasteiger partial charge is 0.0762 e. The van der Waals surface area contributed by atoms with Gasteiger partial charge in [-0.05, 0) is 11.6 Å². The normalized spacial score (nSPS) is 9.87. The number of anilines is 2. The predicted molar refractivity (Wildman–Crippen MR) is 62.4 cm³/mol. The molecule has 0 fully saturated rings. The van der Waals surface area contributed by atoms with Gasteiger partial charge < -0.3 is 11.1 Å². The van der Waals surface area contributed by atoms with Crippen LogP contribution in [0.4, 0.5) is 11.4 Å². The third kappa shape index (κ3) is 2.47. The maximum atomic E-state index is 5.78. The van der Waals surface area contributed by atoms with Crippen LogP contribution in [0.15, 0.2) is 48.8 Å². The van der Waals surface area contributed by atoms with Gasteiger partial charge in [0.15, 0.2) is 0 Å². The number of nitrogens with two attached hydrogens (primary N) is 1. The molecule has 2 aromatic rings. The molecule has 0 amide bonds. The lowest BCUT2D eigenvalue weighted by molar-refractivity contribution is 1.14. The number of nitrogens with one attached hydrogen (secondary N) is 1.